The second-order valence-corrected chi connectivity index (χ2v) is 8.85. The summed E-state index contributed by atoms with van der Waals surface area (Å²) in [6, 6.07) is 12.6. The van der Waals surface area contributed by atoms with Crippen molar-refractivity contribution in [1.29, 1.82) is 0 Å². The lowest BCUT2D eigenvalue weighted by Crippen LogP contribution is -2.07. The number of aromatic nitrogens is 5. The van der Waals surface area contributed by atoms with Crippen LogP contribution in [-0.4, -0.2) is 24.7 Å². The Morgan fingerprint density at radius 1 is 0.829 bits per heavy atom. The molecule has 6 aromatic rings. The summed E-state index contributed by atoms with van der Waals surface area (Å²) >= 11 is 0. The highest BCUT2D eigenvalue weighted by Gasteiger charge is 2.14. The predicted octanol–water partition coefficient (Wildman–Crippen LogP) is 9.40. The summed E-state index contributed by atoms with van der Waals surface area (Å²) < 4.78 is 7.44. The minimum atomic E-state index is 0.0275. The van der Waals surface area contributed by atoms with Crippen LogP contribution in [-0.2, 0) is 7.05 Å². The smallest absolute Gasteiger partial charge is 0.134 e. The van der Waals surface area contributed by atoms with Crippen molar-refractivity contribution in [3.05, 3.63) is 91.0 Å². The first-order chi connectivity index (χ1) is 20.0. The average molecular weight is 551 g/mol. The van der Waals surface area contributed by atoms with Gasteiger partial charge in [-0.15, -0.1) is 0 Å². The van der Waals surface area contributed by atoms with E-state index < -0.39 is 0 Å². The fraction of sp³-hybridized carbons (Fsp3) is 0.294. The van der Waals surface area contributed by atoms with Gasteiger partial charge >= 0.3 is 0 Å². The third-order valence-corrected chi connectivity index (χ3v) is 6.33. The fourth-order valence-electron chi connectivity index (χ4n) is 4.46. The van der Waals surface area contributed by atoms with Gasteiger partial charge in [-0.1, -0.05) is 47.6 Å². The van der Waals surface area contributed by atoms with E-state index >= 15 is 0 Å². The highest BCUT2D eigenvalue weighted by Crippen LogP contribution is 2.34. The fourth-order valence-corrected chi connectivity index (χ4v) is 4.46. The Morgan fingerprint density at radius 2 is 1.59 bits per heavy atom. The molecule has 1 N–H and O–H groups in total. The Bertz CT molecular complexity index is 1680. The number of nitrogens with one attached hydrogen (secondary N) is 1. The number of nitrogens with zero attached hydrogens (tertiary/aromatic N) is 5. The monoisotopic (exact) mass is 550 g/mol. The minimum Gasteiger partial charge on any atom is -0.464 e. The van der Waals surface area contributed by atoms with Crippen molar-refractivity contribution in [3.8, 4) is 22.3 Å². The highest BCUT2D eigenvalue weighted by molar-refractivity contribution is 5.97. The van der Waals surface area contributed by atoms with Crippen molar-refractivity contribution in [2.45, 2.75) is 61.4 Å². The predicted molar refractivity (Wildman–Crippen MR) is 172 cm³/mol. The summed E-state index contributed by atoms with van der Waals surface area (Å²) in [5, 5.41) is 9.02. The minimum absolute atomic E-state index is 0.0275. The van der Waals surface area contributed by atoms with Gasteiger partial charge in [-0.05, 0) is 60.9 Å². The first-order valence-electron chi connectivity index (χ1n) is 14.5. The molecular formula is C34H42N6O. The zero-order valence-electron chi connectivity index (χ0n) is 25.7. The lowest BCUT2D eigenvalue weighted by Gasteiger charge is -2.18. The Balaban J connectivity index is 0.000000725. The first kappa shape index (κ1) is 31.0. The molecule has 6 rings (SSSR count). The average Bonchev–Trinajstić information content (AvgIpc) is 3.64. The molecule has 0 aliphatic heterocycles. The van der Waals surface area contributed by atoms with E-state index in [-0.39, 0.29) is 6.04 Å². The summed E-state index contributed by atoms with van der Waals surface area (Å²) in [4.78, 5) is 13.7. The van der Waals surface area contributed by atoms with Crippen molar-refractivity contribution in [3.63, 3.8) is 0 Å². The van der Waals surface area contributed by atoms with Gasteiger partial charge in [-0.2, -0.15) is 5.10 Å². The number of benzene rings is 2. The first-order valence-corrected chi connectivity index (χ1v) is 14.5. The molecule has 0 amide bonds. The molecule has 0 saturated heterocycles. The molecule has 1 atom stereocenters. The van der Waals surface area contributed by atoms with Crippen LogP contribution >= 0.6 is 0 Å². The van der Waals surface area contributed by atoms with Crippen LogP contribution in [0.3, 0.4) is 0 Å². The van der Waals surface area contributed by atoms with Crippen LogP contribution < -0.4 is 5.32 Å². The number of aryl methyl sites for hydroxylation is 2. The molecule has 4 aromatic heterocycles. The Labute approximate surface area is 243 Å². The Kier molecular flexibility index (Phi) is 11.2. The molecule has 0 bridgehead atoms. The van der Waals surface area contributed by atoms with E-state index in [1.54, 1.807) is 23.3 Å². The quantitative estimate of drug-likeness (QED) is 0.230. The van der Waals surface area contributed by atoms with Gasteiger partial charge in [0.25, 0.3) is 0 Å². The van der Waals surface area contributed by atoms with E-state index in [9.17, 15) is 0 Å². The molecule has 2 aromatic carbocycles. The number of anilines is 1. The van der Waals surface area contributed by atoms with Gasteiger partial charge < -0.3 is 9.73 Å². The number of pyridine rings is 1. The van der Waals surface area contributed by atoms with Crippen molar-refractivity contribution in [2.24, 2.45) is 7.05 Å². The van der Waals surface area contributed by atoms with Gasteiger partial charge in [0, 0.05) is 65.8 Å². The molecule has 0 saturated carbocycles. The molecule has 0 fully saturated rings. The summed E-state index contributed by atoms with van der Waals surface area (Å²) in [6.07, 6.45) is 12.9. The third-order valence-electron chi connectivity index (χ3n) is 6.33. The Hall–Kier alpha value is -4.52. The number of furan rings is 1. The molecular weight excluding hydrogens is 508 g/mol. The van der Waals surface area contributed by atoms with Crippen LogP contribution in [0.15, 0.2) is 84.3 Å². The largest absolute Gasteiger partial charge is 0.464 e. The maximum Gasteiger partial charge on any atom is 0.134 e. The van der Waals surface area contributed by atoms with Crippen LogP contribution in [0.2, 0.25) is 0 Å². The number of fused-ring (bicyclic) bond motifs is 2. The maximum atomic E-state index is 5.64. The summed E-state index contributed by atoms with van der Waals surface area (Å²) in [7, 11) is 1.91. The normalized spacial score (nSPS) is 11.0. The van der Waals surface area contributed by atoms with E-state index in [4.69, 9.17) is 4.42 Å². The van der Waals surface area contributed by atoms with Crippen LogP contribution in [0.4, 0.5) is 5.69 Å². The molecule has 7 heteroatoms. The molecule has 0 radical (unpaired) electrons. The number of rotatable bonds is 5. The standard InChI is InChI=1S/C28H24N6O.3C2H6/c1-17-16-35-27-5-4-19(9-24(17)27)25-10-23(11-26-28(25)31-7-6-30-26)33-18(2)20-8-21(13-29-12-20)22-14-32-34(3)15-22;3*1-2/h4-16,18,33H,1-3H3;3*1-2H3. The van der Waals surface area contributed by atoms with Gasteiger partial charge in [0.05, 0.1) is 29.5 Å². The van der Waals surface area contributed by atoms with Crippen LogP contribution in [0.5, 0.6) is 0 Å². The maximum absolute atomic E-state index is 5.64. The van der Waals surface area contributed by atoms with Gasteiger partial charge in [0.1, 0.15) is 5.58 Å². The Morgan fingerprint density at radius 3 is 2.32 bits per heavy atom. The second kappa shape index (κ2) is 14.7. The molecule has 1 unspecified atom stereocenters. The van der Waals surface area contributed by atoms with Crippen molar-refractivity contribution in [1.82, 2.24) is 24.7 Å². The van der Waals surface area contributed by atoms with Crippen LogP contribution in [0.25, 0.3) is 44.3 Å². The van der Waals surface area contributed by atoms with E-state index in [1.165, 1.54) is 0 Å². The molecule has 41 heavy (non-hydrogen) atoms. The van der Waals surface area contributed by atoms with Crippen molar-refractivity contribution >= 4 is 27.7 Å². The van der Waals surface area contributed by atoms with E-state index in [2.05, 4.69) is 63.5 Å². The molecule has 4 heterocycles. The van der Waals surface area contributed by atoms with E-state index in [0.29, 0.717) is 0 Å². The lowest BCUT2D eigenvalue weighted by molar-refractivity contribution is 0.613. The number of hydrogen-bond acceptors (Lipinski definition) is 6. The zero-order valence-corrected chi connectivity index (χ0v) is 25.7. The van der Waals surface area contributed by atoms with Crippen molar-refractivity contribution < 1.29 is 4.42 Å². The SMILES string of the molecule is CC.CC.CC.Cc1coc2ccc(-c3cc(NC(C)c4cncc(-c5cnn(C)c5)c4)cc4nccnc34)cc12. The van der Waals surface area contributed by atoms with E-state index in [1.807, 2.05) is 85.5 Å². The second-order valence-electron chi connectivity index (χ2n) is 8.85. The van der Waals surface area contributed by atoms with Crippen molar-refractivity contribution in [2.75, 3.05) is 5.32 Å². The summed E-state index contributed by atoms with van der Waals surface area (Å²) in [5.41, 5.74) is 9.93. The van der Waals surface area contributed by atoms with Gasteiger partial charge in [-0.3, -0.25) is 19.6 Å². The topological polar surface area (TPSA) is 81.7 Å². The lowest BCUT2D eigenvalue weighted by atomic mass is 10.00. The zero-order chi connectivity index (χ0) is 29.9. The number of hydrogen-bond donors (Lipinski definition) is 1. The molecule has 214 valence electrons. The molecule has 0 aliphatic rings. The van der Waals surface area contributed by atoms with Crippen LogP contribution in [0.1, 0.15) is 65.6 Å². The highest BCUT2D eigenvalue weighted by atomic mass is 16.3. The van der Waals surface area contributed by atoms with Gasteiger partial charge in [0.15, 0.2) is 0 Å². The van der Waals surface area contributed by atoms with E-state index in [0.717, 1.165) is 61.1 Å². The van der Waals surface area contributed by atoms with Gasteiger partial charge in [0.2, 0.25) is 0 Å². The summed E-state index contributed by atoms with van der Waals surface area (Å²) in [5.74, 6) is 0. The molecule has 0 aliphatic carbocycles. The van der Waals surface area contributed by atoms with Crippen LogP contribution in [0, 0.1) is 6.92 Å². The van der Waals surface area contributed by atoms with Gasteiger partial charge in [-0.25, -0.2) is 0 Å². The molecule has 7 nitrogen and oxygen atoms in total. The third kappa shape index (κ3) is 6.98. The molecule has 0 spiro atoms. The summed E-state index contributed by atoms with van der Waals surface area (Å²) in [6.45, 7) is 16.2.